The van der Waals surface area contributed by atoms with E-state index >= 15 is 0 Å². The van der Waals surface area contributed by atoms with Crippen molar-refractivity contribution in [3.8, 4) is 0 Å². The number of fused-ring (bicyclic) bond motifs is 1. The minimum Gasteiger partial charge on any atom is -0.438 e. The van der Waals surface area contributed by atoms with E-state index in [4.69, 9.17) is 33.4 Å². The molecule has 0 unspecified atom stereocenters. The first-order valence-electron chi connectivity index (χ1n) is 6.02. The molecule has 0 atom stereocenters. The quantitative estimate of drug-likeness (QED) is 0.919. The predicted molar refractivity (Wildman–Crippen MR) is 75.3 cm³/mol. The van der Waals surface area contributed by atoms with Crippen LogP contribution in [0.4, 0.5) is 0 Å². The van der Waals surface area contributed by atoms with Gasteiger partial charge >= 0.3 is 0 Å². The van der Waals surface area contributed by atoms with Crippen LogP contribution in [0.5, 0.6) is 0 Å². The van der Waals surface area contributed by atoms with Gasteiger partial charge in [0.2, 0.25) is 5.89 Å². The van der Waals surface area contributed by atoms with Gasteiger partial charge in [-0.1, -0.05) is 37.0 Å². The van der Waals surface area contributed by atoms with Crippen LogP contribution in [0.25, 0.3) is 11.1 Å². The summed E-state index contributed by atoms with van der Waals surface area (Å²) in [4.78, 5) is 4.50. The molecule has 2 N–H and O–H groups in total. The molecule has 1 aromatic heterocycles. The van der Waals surface area contributed by atoms with Crippen LogP contribution in [0.15, 0.2) is 16.5 Å². The van der Waals surface area contributed by atoms with Crippen LogP contribution in [0.3, 0.4) is 0 Å². The number of nitrogens with zero attached hydrogens (tertiary/aromatic N) is 1. The fraction of sp³-hybridized carbons (Fsp3) is 0.462. The topological polar surface area (TPSA) is 52.0 Å². The van der Waals surface area contributed by atoms with Crippen molar-refractivity contribution in [2.75, 3.05) is 6.54 Å². The van der Waals surface area contributed by atoms with E-state index in [2.05, 4.69) is 18.8 Å². The number of nitrogens with two attached hydrogens (primary N) is 1. The van der Waals surface area contributed by atoms with Gasteiger partial charge in [0.15, 0.2) is 5.58 Å². The second-order valence-electron chi connectivity index (χ2n) is 4.45. The molecule has 0 aliphatic carbocycles. The summed E-state index contributed by atoms with van der Waals surface area (Å²) in [5.41, 5.74) is 6.93. The molecule has 18 heavy (non-hydrogen) atoms. The molecule has 0 saturated carbocycles. The Morgan fingerprint density at radius 1 is 1.28 bits per heavy atom. The molecule has 1 aromatic carbocycles. The summed E-state index contributed by atoms with van der Waals surface area (Å²) in [5, 5.41) is 1.04. The summed E-state index contributed by atoms with van der Waals surface area (Å²) in [6.45, 7) is 4.66. The van der Waals surface area contributed by atoms with Gasteiger partial charge in [0, 0.05) is 11.6 Å². The summed E-state index contributed by atoms with van der Waals surface area (Å²) in [7, 11) is 0. The zero-order valence-electron chi connectivity index (χ0n) is 10.5. The largest absolute Gasteiger partial charge is 0.438 e. The van der Waals surface area contributed by atoms with E-state index in [1.807, 2.05) is 0 Å². The monoisotopic (exact) mass is 286 g/mol. The smallest absolute Gasteiger partial charge is 0.203 e. The molecular weight excluding hydrogens is 271 g/mol. The number of oxazole rings is 1. The van der Waals surface area contributed by atoms with E-state index in [-0.39, 0.29) is 5.41 Å². The molecule has 0 radical (unpaired) electrons. The fourth-order valence-corrected chi connectivity index (χ4v) is 2.64. The van der Waals surface area contributed by atoms with Gasteiger partial charge < -0.3 is 10.2 Å². The van der Waals surface area contributed by atoms with Crippen LogP contribution < -0.4 is 5.73 Å². The van der Waals surface area contributed by atoms with Crippen molar-refractivity contribution in [3.63, 3.8) is 0 Å². The number of benzene rings is 1. The molecule has 2 rings (SSSR count). The van der Waals surface area contributed by atoms with Crippen molar-refractivity contribution < 1.29 is 4.42 Å². The van der Waals surface area contributed by atoms with Crippen LogP contribution in [0.1, 0.15) is 32.6 Å². The second kappa shape index (κ2) is 5.08. The number of rotatable bonds is 4. The minimum absolute atomic E-state index is 0.227. The van der Waals surface area contributed by atoms with Crippen LogP contribution in [-0.4, -0.2) is 11.5 Å². The van der Waals surface area contributed by atoms with Gasteiger partial charge in [-0.15, -0.1) is 0 Å². The van der Waals surface area contributed by atoms with Crippen LogP contribution >= 0.6 is 23.2 Å². The molecule has 2 aromatic rings. The lowest BCUT2D eigenvalue weighted by molar-refractivity contribution is 0.316. The molecule has 0 saturated heterocycles. The van der Waals surface area contributed by atoms with Crippen molar-refractivity contribution in [2.24, 2.45) is 5.73 Å². The number of hydrogen-bond acceptors (Lipinski definition) is 3. The third-order valence-corrected chi connectivity index (χ3v) is 4.11. The van der Waals surface area contributed by atoms with E-state index in [9.17, 15) is 0 Å². The average Bonchev–Trinajstić information content (AvgIpc) is 2.77. The molecule has 0 amide bonds. The maximum absolute atomic E-state index is 6.11. The first kappa shape index (κ1) is 13.7. The Morgan fingerprint density at radius 3 is 2.50 bits per heavy atom. The van der Waals surface area contributed by atoms with Gasteiger partial charge in [0.25, 0.3) is 0 Å². The highest BCUT2D eigenvalue weighted by molar-refractivity contribution is 6.37. The molecule has 0 aliphatic rings. The lowest BCUT2D eigenvalue weighted by Crippen LogP contribution is -2.34. The Balaban J connectivity index is 2.63. The molecular formula is C13H16Cl2N2O. The van der Waals surface area contributed by atoms with Gasteiger partial charge in [-0.2, -0.15) is 0 Å². The van der Waals surface area contributed by atoms with E-state index in [1.54, 1.807) is 12.1 Å². The fourth-order valence-electron chi connectivity index (χ4n) is 2.12. The average molecular weight is 287 g/mol. The zero-order valence-corrected chi connectivity index (χ0v) is 12.0. The highest BCUT2D eigenvalue weighted by Gasteiger charge is 2.32. The Bertz CT molecular complexity index is 553. The maximum atomic E-state index is 6.11. The molecule has 3 nitrogen and oxygen atoms in total. The van der Waals surface area contributed by atoms with Crippen LogP contribution in [0.2, 0.25) is 10.0 Å². The summed E-state index contributed by atoms with van der Waals surface area (Å²) >= 11 is 12.1. The molecule has 98 valence electrons. The van der Waals surface area contributed by atoms with Gasteiger partial charge in [-0.25, -0.2) is 4.98 Å². The van der Waals surface area contributed by atoms with Gasteiger partial charge in [0.1, 0.15) is 5.52 Å². The molecule has 5 heteroatoms. The number of halogens is 2. The third kappa shape index (κ3) is 2.11. The summed E-state index contributed by atoms with van der Waals surface area (Å²) < 4.78 is 5.81. The van der Waals surface area contributed by atoms with Crippen molar-refractivity contribution in [1.82, 2.24) is 4.98 Å². The van der Waals surface area contributed by atoms with Gasteiger partial charge in [0.05, 0.1) is 10.4 Å². The predicted octanol–water partition coefficient (Wildman–Crippen LogP) is 4.15. The minimum atomic E-state index is -0.227. The lowest BCUT2D eigenvalue weighted by Gasteiger charge is -2.25. The van der Waals surface area contributed by atoms with Crippen LogP contribution in [-0.2, 0) is 5.41 Å². The zero-order chi connectivity index (χ0) is 13.3. The van der Waals surface area contributed by atoms with Crippen molar-refractivity contribution in [2.45, 2.75) is 32.1 Å². The molecule has 0 fully saturated rings. The number of aromatic nitrogens is 1. The van der Waals surface area contributed by atoms with Crippen molar-refractivity contribution in [3.05, 3.63) is 28.1 Å². The Kier molecular flexibility index (Phi) is 3.85. The highest BCUT2D eigenvalue weighted by atomic mass is 35.5. The maximum Gasteiger partial charge on any atom is 0.203 e. The van der Waals surface area contributed by atoms with Crippen molar-refractivity contribution >= 4 is 34.3 Å². The highest BCUT2D eigenvalue weighted by Crippen LogP contribution is 2.35. The lowest BCUT2D eigenvalue weighted by atomic mass is 9.82. The first-order valence-corrected chi connectivity index (χ1v) is 6.78. The van der Waals surface area contributed by atoms with Crippen LogP contribution in [0, 0.1) is 0 Å². The van der Waals surface area contributed by atoms with E-state index in [1.165, 1.54) is 0 Å². The normalized spacial score (nSPS) is 12.3. The van der Waals surface area contributed by atoms with Crippen molar-refractivity contribution in [1.29, 1.82) is 0 Å². The standard InChI is InChI=1S/C13H16Cl2N2O/c1-3-13(4-2,7-16)12-17-10-6-8(14)5-9(15)11(10)18-12/h5-6H,3-4,7,16H2,1-2H3. The van der Waals surface area contributed by atoms with Gasteiger partial charge in [-0.05, 0) is 25.0 Å². The Morgan fingerprint density at radius 2 is 1.94 bits per heavy atom. The Labute approximate surface area is 116 Å². The van der Waals surface area contributed by atoms with E-state index < -0.39 is 0 Å². The number of hydrogen-bond donors (Lipinski definition) is 1. The molecule has 0 bridgehead atoms. The molecule has 0 aliphatic heterocycles. The second-order valence-corrected chi connectivity index (χ2v) is 5.29. The van der Waals surface area contributed by atoms with E-state index in [0.717, 1.165) is 12.8 Å². The van der Waals surface area contributed by atoms with Gasteiger partial charge in [-0.3, -0.25) is 0 Å². The third-order valence-electron chi connectivity index (χ3n) is 3.61. The molecule has 0 spiro atoms. The summed E-state index contributed by atoms with van der Waals surface area (Å²) in [5.74, 6) is 0.647. The SMILES string of the molecule is CCC(CC)(CN)c1nc2cc(Cl)cc(Cl)c2o1. The summed E-state index contributed by atoms with van der Waals surface area (Å²) in [6, 6.07) is 3.41. The van der Waals surface area contributed by atoms with E-state index in [0.29, 0.717) is 33.6 Å². The molecule has 1 heterocycles. The first-order chi connectivity index (χ1) is 8.56. The summed E-state index contributed by atoms with van der Waals surface area (Å²) in [6.07, 6.45) is 1.75. The Hall–Kier alpha value is -0.770.